The minimum Gasteiger partial charge on any atom is -0.322 e. The van der Waals surface area contributed by atoms with E-state index in [0.29, 0.717) is 11.3 Å². The van der Waals surface area contributed by atoms with Crippen LogP contribution in [0, 0.1) is 0 Å². The van der Waals surface area contributed by atoms with Gasteiger partial charge in [-0.3, -0.25) is 9.59 Å². The Morgan fingerprint density at radius 2 is 1.62 bits per heavy atom. The van der Waals surface area contributed by atoms with Gasteiger partial charge in [0.1, 0.15) is 0 Å². The maximum Gasteiger partial charge on any atom is 0.276 e. The number of rotatable bonds is 2. The summed E-state index contributed by atoms with van der Waals surface area (Å²) in [6.07, 6.45) is 0. The van der Waals surface area contributed by atoms with Gasteiger partial charge in [-0.25, -0.2) is 0 Å². The summed E-state index contributed by atoms with van der Waals surface area (Å²) >= 11 is 16.1. The molecule has 0 aromatic heterocycles. The second-order valence-electron chi connectivity index (χ2n) is 3.09. The molecule has 1 aromatic rings. The molecule has 3 nitrogen and oxygen atoms in total. The van der Waals surface area contributed by atoms with Gasteiger partial charge in [-0.1, -0.05) is 34.8 Å². The van der Waals surface area contributed by atoms with E-state index < -0.39 is 9.70 Å². The van der Waals surface area contributed by atoms with Crippen LogP contribution in [0.15, 0.2) is 24.3 Å². The Morgan fingerprint density at radius 3 is 2.00 bits per heavy atom. The molecular formula is C10H8Cl3NO2. The van der Waals surface area contributed by atoms with Crippen molar-refractivity contribution in [2.75, 3.05) is 5.32 Å². The van der Waals surface area contributed by atoms with Crippen LogP contribution in [0.1, 0.15) is 17.3 Å². The van der Waals surface area contributed by atoms with Gasteiger partial charge in [-0.2, -0.15) is 0 Å². The van der Waals surface area contributed by atoms with Gasteiger partial charge in [0.2, 0.25) is 0 Å². The Kier molecular flexibility index (Phi) is 4.19. The van der Waals surface area contributed by atoms with Crippen molar-refractivity contribution < 1.29 is 9.59 Å². The first-order valence-corrected chi connectivity index (χ1v) is 5.43. The molecule has 86 valence electrons. The molecule has 0 atom stereocenters. The first kappa shape index (κ1) is 13.3. The van der Waals surface area contributed by atoms with Crippen molar-refractivity contribution >= 4 is 52.2 Å². The largest absolute Gasteiger partial charge is 0.322 e. The number of hydrogen-bond acceptors (Lipinski definition) is 2. The fourth-order valence-corrected chi connectivity index (χ4v) is 1.13. The first-order chi connectivity index (χ1) is 7.30. The molecule has 1 rings (SSSR count). The second kappa shape index (κ2) is 5.04. The predicted molar refractivity (Wildman–Crippen MR) is 65.4 cm³/mol. The lowest BCUT2D eigenvalue weighted by molar-refractivity contribution is -0.115. The minimum absolute atomic E-state index is 0.0562. The summed E-state index contributed by atoms with van der Waals surface area (Å²) in [4.78, 5) is 22.3. The number of carbonyl (C=O) groups is 2. The summed E-state index contributed by atoms with van der Waals surface area (Å²) in [6.45, 7) is 1.45. The highest BCUT2D eigenvalue weighted by Crippen LogP contribution is 2.27. The molecule has 1 N–H and O–H groups in total. The molecular weight excluding hydrogens is 272 g/mol. The van der Waals surface area contributed by atoms with Crippen molar-refractivity contribution in [3.63, 3.8) is 0 Å². The van der Waals surface area contributed by atoms with Crippen LogP contribution in [0.5, 0.6) is 0 Å². The van der Waals surface area contributed by atoms with E-state index in [1.54, 1.807) is 24.3 Å². The third-order valence-corrected chi connectivity index (χ3v) is 2.32. The molecule has 0 aliphatic carbocycles. The number of Topliss-reactive ketones (excluding diaryl/α,β-unsaturated/α-hetero) is 1. The molecule has 0 saturated carbocycles. The van der Waals surface area contributed by atoms with Gasteiger partial charge in [0.15, 0.2) is 5.78 Å². The van der Waals surface area contributed by atoms with E-state index in [4.69, 9.17) is 34.8 Å². The summed E-state index contributed by atoms with van der Waals surface area (Å²) in [5, 5.41) is 2.40. The number of benzene rings is 1. The molecule has 0 saturated heterocycles. The van der Waals surface area contributed by atoms with Crippen molar-refractivity contribution in [3.8, 4) is 0 Å². The van der Waals surface area contributed by atoms with E-state index in [0.717, 1.165) is 0 Å². The van der Waals surface area contributed by atoms with Crippen LogP contribution in [-0.4, -0.2) is 15.5 Å². The van der Waals surface area contributed by atoms with Crippen molar-refractivity contribution in [1.29, 1.82) is 0 Å². The number of alkyl halides is 3. The van der Waals surface area contributed by atoms with Gasteiger partial charge in [0, 0.05) is 11.3 Å². The van der Waals surface area contributed by atoms with Crippen molar-refractivity contribution in [1.82, 2.24) is 0 Å². The molecule has 0 radical (unpaired) electrons. The number of halogens is 3. The first-order valence-electron chi connectivity index (χ1n) is 4.30. The van der Waals surface area contributed by atoms with Crippen molar-refractivity contribution in [2.24, 2.45) is 0 Å². The summed E-state index contributed by atoms with van der Waals surface area (Å²) in [7, 11) is 0. The van der Waals surface area contributed by atoms with Crippen LogP contribution in [0.4, 0.5) is 5.69 Å². The van der Waals surface area contributed by atoms with Crippen molar-refractivity contribution in [2.45, 2.75) is 10.7 Å². The lowest BCUT2D eigenvalue weighted by Crippen LogP contribution is -2.26. The molecule has 0 aliphatic heterocycles. The molecule has 1 aromatic carbocycles. The molecule has 0 bridgehead atoms. The molecule has 0 spiro atoms. The van der Waals surface area contributed by atoms with E-state index >= 15 is 0 Å². The molecule has 6 heteroatoms. The summed E-state index contributed by atoms with van der Waals surface area (Å²) in [5.41, 5.74) is 1.01. The highest BCUT2D eigenvalue weighted by Gasteiger charge is 2.30. The number of hydrogen-bond donors (Lipinski definition) is 1. The van der Waals surface area contributed by atoms with Gasteiger partial charge < -0.3 is 5.32 Å². The van der Waals surface area contributed by atoms with Gasteiger partial charge in [-0.15, -0.1) is 0 Å². The highest BCUT2D eigenvalue weighted by atomic mass is 35.6. The monoisotopic (exact) mass is 279 g/mol. The normalized spacial score (nSPS) is 11.0. The second-order valence-corrected chi connectivity index (χ2v) is 5.37. The van der Waals surface area contributed by atoms with Crippen LogP contribution in [0.25, 0.3) is 0 Å². The number of ketones is 1. The van der Waals surface area contributed by atoms with Crippen LogP contribution >= 0.6 is 34.8 Å². The lowest BCUT2D eigenvalue weighted by Gasteiger charge is -2.11. The Bertz CT molecular complexity index is 409. The van der Waals surface area contributed by atoms with E-state index in [1.165, 1.54) is 6.92 Å². The van der Waals surface area contributed by atoms with E-state index in [9.17, 15) is 9.59 Å². The quantitative estimate of drug-likeness (QED) is 0.668. The number of amides is 1. The topological polar surface area (TPSA) is 46.2 Å². The van der Waals surface area contributed by atoms with E-state index in [-0.39, 0.29) is 5.78 Å². The van der Waals surface area contributed by atoms with E-state index in [2.05, 4.69) is 5.32 Å². The summed E-state index contributed by atoms with van der Waals surface area (Å²) < 4.78 is -2.00. The Morgan fingerprint density at radius 1 is 1.12 bits per heavy atom. The summed E-state index contributed by atoms with van der Waals surface area (Å²) in [6, 6.07) is 6.28. The molecule has 0 heterocycles. The number of nitrogens with one attached hydrogen (secondary N) is 1. The lowest BCUT2D eigenvalue weighted by atomic mass is 10.1. The average molecular weight is 281 g/mol. The minimum atomic E-state index is -2.00. The average Bonchev–Trinajstić information content (AvgIpc) is 2.17. The van der Waals surface area contributed by atoms with Crippen molar-refractivity contribution in [3.05, 3.63) is 29.8 Å². The van der Waals surface area contributed by atoms with Gasteiger partial charge in [0.25, 0.3) is 9.70 Å². The fourth-order valence-electron chi connectivity index (χ4n) is 0.990. The maximum absolute atomic E-state index is 11.3. The zero-order valence-corrected chi connectivity index (χ0v) is 10.5. The Hall–Kier alpha value is -0.770. The SMILES string of the molecule is CC(=O)c1ccc(NC(=O)C(Cl)(Cl)Cl)cc1. The van der Waals surface area contributed by atoms with Gasteiger partial charge in [-0.05, 0) is 31.2 Å². The van der Waals surface area contributed by atoms with Gasteiger partial charge >= 0.3 is 0 Å². The fraction of sp³-hybridized carbons (Fsp3) is 0.200. The summed E-state index contributed by atoms with van der Waals surface area (Å²) in [5.74, 6) is -0.799. The molecule has 0 unspecified atom stereocenters. The standard InChI is InChI=1S/C10H8Cl3NO2/c1-6(15)7-2-4-8(5-3-7)14-9(16)10(11,12)13/h2-5H,1H3,(H,14,16). The molecule has 0 aliphatic rings. The van der Waals surface area contributed by atoms with Crippen LogP contribution < -0.4 is 5.32 Å². The number of anilines is 1. The highest BCUT2D eigenvalue weighted by molar-refractivity contribution is 6.76. The van der Waals surface area contributed by atoms with Crippen LogP contribution in [0.2, 0.25) is 0 Å². The van der Waals surface area contributed by atoms with Crippen LogP contribution in [0.3, 0.4) is 0 Å². The molecule has 1 amide bonds. The van der Waals surface area contributed by atoms with Crippen LogP contribution in [-0.2, 0) is 4.79 Å². The zero-order chi connectivity index (χ0) is 12.3. The Balaban J connectivity index is 2.77. The van der Waals surface area contributed by atoms with Gasteiger partial charge in [0.05, 0.1) is 0 Å². The third kappa shape index (κ3) is 3.67. The Labute approximate surface area is 108 Å². The molecule has 0 fully saturated rings. The maximum atomic E-state index is 11.3. The smallest absolute Gasteiger partial charge is 0.276 e. The zero-order valence-electron chi connectivity index (χ0n) is 8.26. The number of carbonyl (C=O) groups excluding carboxylic acids is 2. The molecule has 16 heavy (non-hydrogen) atoms. The predicted octanol–water partition coefficient (Wildman–Crippen LogP) is 3.20. The third-order valence-electron chi connectivity index (χ3n) is 1.81. The van der Waals surface area contributed by atoms with E-state index in [1.807, 2.05) is 0 Å².